The summed E-state index contributed by atoms with van der Waals surface area (Å²) in [5, 5.41) is 3.79. The van der Waals surface area contributed by atoms with Gasteiger partial charge in [0.25, 0.3) is 0 Å². The van der Waals surface area contributed by atoms with Crippen molar-refractivity contribution in [2.24, 2.45) is 5.41 Å². The second-order valence-electron chi connectivity index (χ2n) is 13.4. The van der Waals surface area contributed by atoms with Gasteiger partial charge in [-0.25, -0.2) is 8.93 Å². The maximum absolute atomic E-state index is 13.4. The lowest BCUT2D eigenvalue weighted by Gasteiger charge is -2.40. The molecule has 0 bridgehead atoms. The summed E-state index contributed by atoms with van der Waals surface area (Å²) in [6, 6.07) is 34.5. The fraction of sp³-hybridized carbons (Fsp3) is 0.333. The molecular formula is C36H42NO2PS. The number of rotatable bonds is 6. The molecule has 41 heavy (non-hydrogen) atoms. The Morgan fingerprint density at radius 2 is 1.22 bits per heavy atom. The molecule has 5 rings (SSSR count). The molecule has 0 saturated carbocycles. The van der Waals surface area contributed by atoms with Gasteiger partial charge < -0.3 is 4.74 Å². The minimum absolute atomic E-state index is 0.174. The number of nitrogens with one attached hydrogen (secondary N) is 1. The molecule has 4 aromatic rings. The third-order valence-electron chi connectivity index (χ3n) is 7.82. The molecular weight excluding hydrogens is 541 g/mol. The van der Waals surface area contributed by atoms with E-state index in [9.17, 15) is 4.21 Å². The van der Waals surface area contributed by atoms with Gasteiger partial charge in [0.2, 0.25) is 0 Å². The van der Waals surface area contributed by atoms with Gasteiger partial charge in [0, 0.05) is 27.4 Å². The quantitative estimate of drug-likeness (QED) is 0.234. The first kappa shape index (κ1) is 29.7. The van der Waals surface area contributed by atoms with Crippen LogP contribution < -0.4 is 25.4 Å². The van der Waals surface area contributed by atoms with Crippen LogP contribution in [0.2, 0.25) is 0 Å². The Kier molecular flexibility index (Phi) is 8.07. The third-order valence-corrected chi connectivity index (χ3v) is 11.8. The number of benzene rings is 4. The molecule has 0 saturated heterocycles. The highest BCUT2D eigenvalue weighted by atomic mass is 32.2. The van der Waals surface area contributed by atoms with E-state index in [1.54, 1.807) is 0 Å². The second kappa shape index (κ2) is 11.1. The number of para-hydroxylation sites is 2. The Labute approximate surface area is 250 Å². The smallest absolute Gasteiger partial charge is 0.139 e. The average molecular weight is 584 g/mol. The largest absolute Gasteiger partial charge is 0.456 e. The normalized spacial score (nSPS) is 15.9. The number of hydrogen-bond acceptors (Lipinski definition) is 2. The van der Waals surface area contributed by atoms with E-state index in [2.05, 4.69) is 136 Å². The van der Waals surface area contributed by atoms with Crippen LogP contribution in [-0.2, 0) is 16.4 Å². The van der Waals surface area contributed by atoms with Crippen molar-refractivity contribution in [2.45, 2.75) is 71.6 Å². The summed E-state index contributed by atoms with van der Waals surface area (Å²) < 4.78 is 23.6. The van der Waals surface area contributed by atoms with E-state index in [1.165, 1.54) is 21.5 Å². The van der Waals surface area contributed by atoms with E-state index >= 15 is 0 Å². The van der Waals surface area contributed by atoms with Crippen molar-refractivity contribution in [1.82, 2.24) is 4.72 Å². The number of hydrogen-bond donors (Lipinski definition) is 1. The van der Waals surface area contributed by atoms with Crippen LogP contribution in [0.3, 0.4) is 0 Å². The Morgan fingerprint density at radius 1 is 0.707 bits per heavy atom. The first-order valence-corrected chi connectivity index (χ1v) is 16.8. The monoisotopic (exact) mass is 583 g/mol. The fourth-order valence-electron chi connectivity index (χ4n) is 5.51. The Morgan fingerprint density at radius 3 is 1.73 bits per heavy atom. The summed E-state index contributed by atoms with van der Waals surface area (Å²) in [6.07, 6.45) is 0. The van der Waals surface area contributed by atoms with Crippen molar-refractivity contribution >= 4 is 34.8 Å². The van der Waals surface area contributed by atoms with Crippen molar-refractivity contribution in [3.05, 3.63) is 114 Å². The summed E-state index contributed by atoms with van der Waals surface area (Å²) in [7, 11) is -2.10. The highest BCUT2D eigenvalue weighted by molar-refractivity contribution is 7.84. The summed E-state index contributed by atoms with van der Waals surface area (Å²) >= 11 is 0. The minimum Gasteiger partial charge on any atom is -0.456 e. The van der Waals surface area contributed by atoms with Crippen LogP contribution >= 0.6 is 7.92 Å². The van der Waals surface area contributed by atoms with Crippen LogP contribution in [0.15, 0.2) is 97.1 Å². The first-order chi connectivity index (χ1) is 19.3. The van der Waals surface area contributed by atoms with E-state index in [0.717, 1.165) is 22.6 Å². The molecule has 0 aromatic heterocycles. The lowest BCUT2D eigenvalue weighted by molar-refractivity contribution is 0.297. The van der Waals surface area contributed by atoms with Crippen LogP contribution in [-0.4, -0.2) is 8.96 Å². The highest BCUT2D eigenvalue weighted by Gasteiger charge is 2.41. The molecule has 0 fully saturated rings. The molecule has 2 unspecified atom stereocenters. The average Bonchev–Trinajstić information content (AvgIpc) is 2.92. The Hall–Kier alpha value is -2.78. The van der Waals surface area contributed by atoms with Crippen molar-refractivity contribution in [3.63, 3.8) is 0 Å². The van der Waals surface area contributed by atoms with Crippen LogP contribution in [0, 0.1) is 5.41 Å². The molecule has 1 heterocycles. The lowest BCUT2D eigenvalue weighted by atomic mass is 9.73. The van der Waals surface area contributed by atoms with Gasteiger partial charge in [-0.2, -0.15) is 0 Å². The zero-order valence-electron chi connectivity index (χ0n) is 25.5. The molecule has 0 radical (unpaired) electrons. The van der Waals surface area contributed by atoms with Crippen molar-refractivity contribution in [3.8, 4) is 11.5 Å². The topological polar surface area (TPSA) is 38.3 Å². The lowest BCUT2D eigenvalue weighted by Crippen LogP contribution is -2.41. The molecule has 0 aliphatic carbocycles. The summed E-state index contributed by atoms with van der Waals surface area (Å²) in [5.41, 5.74) is 2.90. The van der Waals surface area contributed by atoms with Gasteiger partial charge in [-0.1, -0.05) is 132 Å². The van der Waals surface area contributed by atoms with Gasteiger partial charge in [0.05, 0.1) is 21.8 Å². The molecule has 1 aliphatic heterocycles. The molecule has 1 aliphatic rings. The van der Waals surface area contributed by atoms with Crippen LogP contribution in [0.5, 0.6) is 11.5 Å². The van der Waals surface area contributed by atoms with E-state index in [4.69, 9.17) is 4.74 Å². The standard InChI is InChI=1S/C36H42NO2PS/c1-34(2,3)33(37-41(38)35(4,5)6)27-21-15-22-28-31(27)39-32-29(36(28,7)8)23-16-24-30(32)40(25-17-11-9-12-18-25)26-19-13-10-14-20-26/h9-24,33,37H,1-8H3. The first-order valence-electron chi connectivity index (χ1n) is 14.3. The summed E-state index contributed by atoms with van der Waals surface area (Å²) in [5.74, 6) is 1.83. The Balaban J connectivity index is 1.71. The van der Waals surface area contributed by atoms with E-state index in [0.29, 0.717) is 0 Å². The van der Waals surface area contributed by atoms with E-state index in [1.807, 2.05) is 20.8 Å². The third kappa shape index (κ3) is 5.80. The van der Waals surface area contributed by atoms with Gasteiger partial charge in [-0.05, 0) is 44.7 Å². The predicted octanol–water partition coefficient (Wildman–Crippen LogP) is 8.02. The van der Waals surface area contributed by atoms with E-state index in [-0.39, 0.29) is 21.6 Å². The molecule has 4 aromatic carbocycles. The van der Waals surface area contributed by atoms with Gasteiger partial charge in [0.15, 0.2) is 0 Å². The maximum Gasteiger partial charge on any atom is 0.139 e. The predicted molar refractivity (Wildman–Crippen MR) is 177 cm³/mol. The molecule has 2 atom stereocenters. The van der Waals surface area contributed by atoms with Crippen LogP contribution in [0.25, 0.3) is 0 Å². The highest BCUT2D eigenvalue weighted by Crippen LogP contribution is 2.53. The van der Waals surface area contributed by atoms with Crippen molar-refractivity contribution in [1.29, 1.82) is 0 Å². The molecule has 3 nitrogen and oxygen atoms in total. The molecule has 1 N–H and O–H groups in total. The number of ether oxygens (including phenoxy) is 1. The van der Waals surface area contributed by atoms with Crippen LogP contribution in [0.1, 0.15) is 78.1 Å². The van der Waals surface area contributed by atoms with Crippen molar-refractivity contribution < 1.29 is 8.95 Å². The van der Waals surface area contributed by atoms with Crippen LogP contribution in [0.4, 0.5) is 0 Å². The summed E-state index contributed by atoms with van der Waals surface area (Å²) in [4.78, 5) is 0. The molecule has 214 valence electrons. The van der Waals surface area contributed by atoms with Gasteiger partial charge in [0.1, 0.15) is 11.5 Å². The van der Waals surface area contributed by atoms with Gasteiger partial charge in [-0.15, -0.1) is 0 Å². The minimum atomic E-state index is -1.24. The van der Waals surface area contributed by atoms with E-state index < -0.39 is 18.9 Å². The number of fused-ring (bicyclic) bond motifs is 2. The fourth-order valence-corrected chi connectivity index (χ4v) is 8.96. The van der Waals surface area contributed by atoms with Gasteiger partial charge in [-0.3, -0.25) is 0 Å². The molecule has 0 amide bonds. The zero-order chi connectivity index (χ0) is 29.6. The Bertz CT molecular complexity index is 1510. The van der Waals surface area contributed by atoms with Crippen molar-refractivity contribution in [2.75, 3.05) is 0 Å². The maximum atomic E-state index is 13.4. The molecule has 0 spiro atoms. The summed E-state index contributed by atoms with van der Waals surface area (Å²) in [6.45, 7) is 17.2. The van der Waals surface area contributed by atoms with Gasteiger partial charge >= 0.3 is 0 Å². The zero-order valence-corrected chi connectivity index (χ0v) is 27.2. The second-order valence-corrected chi connectivity index (χ2v) is 17.6. The SMILES string of the molecule is CC1(C)c2cccc(C(NS(=O)C(C)(C)C)C(C)(C)C)c2Oc2c(P(c3ccccc3)c3ccccc3)cccc21. The molecule has 5 heteroatoms.